The molecule has 4 heterocycles. The lowest BCUT2D eigenvalue weighted by Crippen LogP contribution is -2.28. The van der Waals surface area contributed by atoms with Gasteiger partial charge in [0.25, 0.3) is 0 Å². The van der Waals surface area contributed by atoms with Gasteiger partial charge in [-0.05, 0) is 29.3 Å². The number of hydrogen-bond donors (Lipinski definition) is 2. The molecule has 0 saturated carbocycles. The molecular weight excluding hydrogens is 369 g/mol. The molecular formula is C19H15F3N6. The maximum Gasteiger partial charge on any atom is 0.412 e. The normalized spacial score (nSPS) is 12.8. The van der Waals surface area contributed by atoms with Crippen molar-refractivity contribution >= 4 is 17.0 Å². The maximum absolute atomic E-state index is 13.4. The standard InChI is InChI=1S/C19H15F3N6/c20-19(21,22)16(13-3-1-5-23-10-13)28-18-26-8-12(9-27-18)7-14-11-25-17-15(14)4-2-6-24-17/h1-6,8-11,16H,7H2,(H,24,25)(H,26,27,28). The highest BCUT2D eigenvalue weighted by atomic mass is 19.4. The van der Waals surface area contributed by atoms with E-state index in [9.17, 15) is 13.2 Å². The first-order chi connectivity index (χ1) is 13.5. The van der Waals surface area contributed by atoms with Crippen LogP contribution in [0, 0.1) is 0 Å². The van der Waals surface area contributed by atoms with Crippen LogP contribution in [0.25, 0.3) is 11.0 Å². The Morgan fingerprint density at radius 3 is 2.50 bits per heavy atom. The van der Waals surface area contributed by atoms with Crippen LogP contribution in [-0.2, 0) is 6.42 Å². The zero-order chi connectivity index (χ0) is 19.6. The average molecular weight is 384 g/mol. The van der Waals surface area contributed by atoms with Crippen LogP contribution >= 0.6 is 0 Å². The summed E-state index contributed by atoms with van der Waals surface area (Å²) in [5.41, 5.74) is 2.56. The van der Waals surface area contributed by atoms with Gasteiger partial charge >= 0.3 is 6.18 Å². The lowest BCUT2D eigenvalue weighted by atomic mass is 10.1. The second kappa shape index (κ2) is 7.26. The van der Waals surface area contributed by atoms with E-state index in [-0.39, 0.29) is 11.5 Å². The fraction of sp³-hybridized carbons (Fsp3) is 0.158. The van der Waals surface area contributed by atoms with Gasteiger partial charge in [-0.1, -0.05) is 6.07 Å². The van der Waals surface area contributed by atoms with Crippen LogP contribution in [-0.4, -0.2) is 31.1 Å². The highest BCUT2D eigenvalue weighted by Crippen LogP contribution is 2.34. The molecule has 28 heavy (non-hydrogen) atoms. The Balaban J connectivity index is 1.52. The van der Waals surface area contributed by atoms with E-state index in [4.69, 9.17) is 0 Å². The summed E-state index contributed by atoms with van der Waals surface area (Å²) in [5, 5.41) is 3.33. The number of nitrogens with zero attached hydrogens (tertiary/aromatic N) is 4. The summed E-state index contributed by atoms with van der Waals surface area (Å²) in [6, 6.07) is 4.67. The number of H-pyrrole nitrogens is 1. The molecule has 0 spiro atoms. The predicted octanol–water partition coefficient (Wildman–Crippen LogP) is 4.05. The molecule has 9 heteroatoms. The van der Waals surface area contributed by atoms with Crippen molar-refractivity contribution in [3.05, 3.63) is 78.1 Å². The molecule has 0 fully saturated rings. The van der Waals surface area contributed by atoms with Gasteiger partial charge in [-0.2, -0.15) is 13.2 Å². The number of pyridine rings is 2. The summed E-state index contributed by atoms with van der Waals surface area (Å²) in [4.78, 5) is 19.2. The van der Waals surface area contributed by atoms with Gasteiger partial charge in [0.2, 0.25) is 5.95 Å². The molecule has 2 N–H and O–H groups in total. The zero-order valence-corrected chi connectivity index (χ0v) is 14.5. The Morgan fingerprint density at radius 2 is 1.79 bits per heavy atom. The minimum atomic E-state index is -4.51. The third-order valence-electron chi connectivity index (χ3n) is 4.26. The third-order valence-corrected chi connectivity index (χ3v) is 4.26. The average Bonchev–Trinajstić information content (AvgIpc) is 3.10. The summed E-state index contributed by atoms with van der Waals surface area (Å²) in [5.74, 6) is -0.101. The van der Waals surface area contributed by atoms with Crippen molar-refractivity contribution in [1.29, 1.82) is 0 Å². The van der Waals surface area contributed by atoms with Crippen molar-refractivity contribution in [2.24, 2.45) is 0 Å². The third kappa shape index (κ3) is 3.78. The van der Waals surface area contributed by atoms with Crippen molar-refractivity contribution in [1.82, 2.24) is 24.9 Å². The van der Waals surface area contributed by atoms with E-state index >= 15 is 0 Å². The summed E-state index contributed by atoms with van der Waals surface area (Å²) in [6.45, 7) is 0. The van der Waals surface area contributed by atoms with Crippen molar-refractivity contribution in [3.63, 3.8) is 0 Å². The molecule has 0 aliphatic heterocycles. The van der Waals surface area contributed by atoms with Crippen molar-refractivity contribution in [3.8, 4) is 0 Å². The van der Waals surface area contributed by atoms with Crippen molar-refractivity contribution in [2.45, 2.75) is 18.6 Å². The van der Waals surface area contributed by atoms with E-state index < -0.39 is 12.2 Å². The quantitative estimate of drug-likeness (QED) is 0.543. The van der Waals surface area contributed by atoms with E-state index in [1.54, 1.807) is 6.20 Å². The fourth-order valence-electron chi connectivity index (χ4n) is 2.93. The number of nitrogens with one attached hydrogen (secondary N) is 2. The second-order valence-electron chi connectivity index (χ2n) is 6.21. The molecule has 0 aliphatic carbocycles. The van der Waals surface area contributed by atoms with E-state index in [0.717, 1.165) is 22.2 Å². The van der Waals surface area contributed by atoms with Gasteiger partial charge in [0.05, 0.1) is 0 Å². The molecule has 0 bridgehead atoms. The van der Waals surface area contributed by atoms with Gasteiger partial charge in [-0.25, -0.2) is 15.0 Å². The zero-order valence-electron chi connectivity index (χ0n) is 14.5. The molecule has 4 aromatic rings. The Labute approximate surface area is 157 Å². The van der Waals surface area contributed by atoms with Gasteiger partial charge in [0.15, 0.2) is 6.04 Å². The highest BCUT2D eigenvalue weighted by Gasteiger charge is 2.41. The van der Waals surface area contributed by atoms with Gasteiger partial charge < -0.3 is 10.3 Å². The van der Waals surface area contributed by atoms with E-state index in [2.05, 4.69) is 30.2 Å². The van der Waals surface area contributed by atoms with Crippen LogP contribution in [0.3, 0.4) is 0 Å². The van der Waals surface area contributed by atoms with Gasteiger partial charge in [0, 0.05) is 54.6 Å². The topological polar surface area (TPSA) is 79.4 Å². The number of alkyl halides is 3. The Kier molecular flexibility index (Phi) is 4.64. The van der Waals surface area contributed by atoms with Crippen LogP contribution in [0.15, 0.2) is 61.4 Å². The van der Waals surface area contributed by atoms with Crippen molar-refractivity contribution < 1.29 is 13.2 Å². The molecule has 4 rings (SSSR count). The first-order valence-electron chi connectivity index (χ1n) is 8.46. The van der Waals surface area contributed by atoms with Crippen LogP contribution in [0.5, 0.6) is 0 Å². The molecule has 0 aliphatic rings. The molecule has 0 saturated heterocycles. The lowest BCUT2D eigenvalue weighted by Gasteiger charge is -2.21. The van der Waals surface area contributed by atoms with E-state index in [1.807, 2.05) is 18.3 Å². The molecule has 0 aromatic carbocycles. The van der Waals surface area contributed by atoms with Crippen LogP contribution in [0.1, 0.15) is 22.7 Å². The first kappa shape index (κ1) is 17.9. The minimum Gasteiger partial charge on any atom is -0.346 e. The molecule has 1 atom stereocenters. The maximum atomic E-state index is 13.4. The number of rotatable bonds is 5. The SMILES string of the molecule is FC(F)(F)C(Nc1ncc(Cc2c[nH]c3ncccc23)cn1)c1cccnc1. The number of anilines is 1. The summed E-state index contributed by atoms with van der Waals surface area (Å²) in [6.07, 6.45) is 5.20. The Bertz CT molecular complexity index is 1060. The largest absolute Gasteiger partial charge is 0.412 e. The van der Waals surface area contributed by atoms with Gasteiger partial charge in [-0.3, -0.25) is 4.98 Å². The molecule has 1 unspecified atom stereocenters. The minimum absolute atomic E-state index is 0.00558. The molecule has 0 amide bonds. The Hall–Kier alpha value is -3.49. The van der Waals surface area contributed by atoms with Gasteiger partial charge in [-0.15, -0.1) is 0 Å². The summed E-state index contributed by atoms with van der Waals surface area (Å²) < 4.78 is 40.2. The smallest absolute Gasteiger partial charge is 0.346 e. The molecule has 142 valence electrons. The molecule has 6 nitrogen and oxygen atoms in total. The summed E-state index contributed by atoms with van der Waals surface area (Å²) in [7, 11) is 0. The monoisotopic (exact) mass is 384 g/mol. The predicted molar refractivity (Wildman–Crippen MR) is 97.6 cm³/mol. The van der Waals surface area contributed by atoms with Crippen LogP contribution in [0.2, 0.25) is 0 Å². The summed E-state index contributed by atoms with van der Waals surface area (Å²) >= 11 is 0. The second-order valence-corrected chi connectivity index (χ2v) is 6.21. The highest BCUT2D eigenvalue weighted by molar-refractivity contribution is 5.79. The van der Waals surface area contributed by atoms with Gasteiger partial charge in [0.1, 0.15) is 5.65 Å². The number of halogens is 3. The number of aromatic nitrogens is 5. The van der Waals surface area contributed by atoms with E-state index in [1.165, 1.54) is 36.9 Å². The fourth-order valence-corrected chi connectivity index (χ4v) is 2.93. The first-order valence-corrected chi connectivity index (χ1v) is 8.46. The Morgan fingerprint density at radius 1 is 1.00 bits per heavy atom. The van der Waals surface area contributed by atoms with Crippen LogP contribution < -0.4 is 5.32 Å². The number of hydrogen-bond acceptors (Lipinski definition) is 5. The number of aromatic amines is 1. The molecule has 4 aromatic heterocycles. The number of fused-ring (bicyclic) bond motifs is 1. The lowest BCUT2D eigenvalue weighted by molar-refractivity contribution is -0.144. The van der Waals surface area contributed by atoms with Crippen molar-refractivity contribution in [2.75, 3.05) is 5.32 Å². The van der Waals surface area contributed by atoms with E-state index in [0.29, 0.717) is 6.42 Å². The van der Waals surface area contributed by atoms with Crippen LogP contribution in [0.4, 0.5) is 19.1 Å². The molecule has 0 radical (unpaired) electrons.